The summed E-state index contributed by atoms with van der Waals surface area (Å²) in [6.07, 6.45) is 0. The Morgan fingerprint density at radius 2 is 0.587 bits per heavy atom. The Labute approximate surface area is 538 Å². The molecule has 18 aromatic rings. The zero-order valence-electron chi connectivity index (χ0n) is 49.7. The van der Waals surface area contributed by atoms with Crippen LogP contribution in [0.2, 0.25) is 0 Å². The third kappa shape index (κ3) is 8.35. The maximum Gasteiger partial charge on any atom is 0.488 e. The lowest BCUT2D eigenvalue weighted by molar-refractivity contribution is 0.426. The van der Waals surface area contributed by atoms with Crippen molar-refractivity contribution in [3.05, 3.63) is 320 Å². The van der Waals surface area contributed by atoms with E-state index in [1.165, 1.54) is 138 Å². The maximum absolute atomic E-state index is 9.75. The van der Waals surface area contributed by atoms with E-state index in [0.717, 1.165) is 32.4 Å². The van der Waals surface area contributed by atoms with E-state index in [9.17, 15) is 10.0 Å². The number of fused-ring (bicyclic) bond motifs is 22. The predicted octanol–water partition coefficient (Wildman–Crippen LogP) is 20.9. The molecule has 2 aliphatic rings. The first-order valence-corrected chi connectivity index (χ1v) is 31.9. The van der Waals surface area contributed by atoms with Crippen LogP contribution in [-0.4, -0.2) is 35.4 Å². The lowest BCUT2D eigenvalue weighted by Gasteiger charge is -2.15. The largest absolute Gasteiger partial charge is 0.488 e. The number of benzene rings is 14. The van der Waals surface area contributed by atoms with Crippen LogP contribution in [0, 0.1) is 0 Å². The van der Waals surface area contributed by atoms with Gasteiger partial charge in [0.25, 0.3) is 0 Å². The highest BCUT2D eigenvalue weighted by molar-refractivity contribution is 9.10. The molecule has 14 aromatic carbocycles. The minimum absolute atomic E-state index is 0.493. The quantitative estimate of drug-likeness (QED) is 0.173. The molecule has 0 saturated carbocycles. The Morgan fingerprint density at radius 1 is 0.239 bits per heavy atom. The first kappa shape index (κ1) is 53.7. The monoisotopic (exact) mass is 1240 g/mol. The zero-order valence-corrected chi connectivity index (χ0v) is 51.2. The van der Waals surface area contributed by atoms with Crippen molar-refractivity contribution >= 4 is 116 Å². The summed E-state index contributed by atoms with van der Waals surface area (Å²) in [7, 11) is -1.50. The van der Waals surface area contributed by atoms with Crippen molar-refractivity contribution in [2.45, 2.75) is 0 Å². The molecule has 4 aromatic heterocycles. The zero-order chi connectivity index (χ0) is 61.1. The van der Waals surface area contributed by atoms with Gasteiger partial charge in [-0.15, -0.1) is 0 Å². The van der Waals surface area contributed by atoms with E-state index in [4.69, 9.17) is 0 Å². The van der Waals surface area contributed by atoms with Gasteiger partial charge < -0.3 is 28.3 Å². The molecule has 0 atom stereocenters. The minimum Gasteiger partial charge on any atom is -0.423 e. The Kier molecular flexibility index (Phi) is 12.5. The third-order valence-corrected chi connectivity index (χ3v) is 19.4. The number of hydrogen-bond donors (Lipinski definition) is 2. The van der Waals surface area contributed by atoms with Gasteiger partial charge in [0.2, 0.25) is 0 Å². The Hall–Kier alpha value is -11.3. The van der Waals surface area contributed by atoms with Crippen molar-refractivity contribution in [3.63, 3.8) is 0 Å². The third-order valence-electron chi connectivity index (χ3n) is 18.9. The molecule has 92 heavy (non-hydrogen) atoms. The number of rotatable bonds is 4. The topological polar surface area (TPSA) is 60.2 Å². The number of para-hydroxylation sites is 8. The minimum atomic E-state index is -1.50. The van der Waals surface area contributed by atoms with Gasteiger partial charge in [0.15, 0.2) is 0 Å². The van der Waals surface area contributed by atoms with Gasteiger partial charge in [-0.1, -0.05) is 234 Å². The summed E-state index contributed by atoms with van der Waals surface area (Å²) in [4.78, 5) is 0. The van der Waals surface area contributed by atoms with Gasteiger partial charge in [0.05, 0.1) is 55.5 Å². The summed E-state index contributed by atoms with van der Waals surface area (Å²) >= 11 is 3.57. The average molecular weight is 1240 g/mol. The van der Waals surface area contributed by atoms with E-state index in [-0.39, 0.29) is 0 Å². The predicted molar refractivity (Wildman–Crippen MR) is 389 cm³/mol. The second-order valence-electron chi connectivity index (χ2n) is 23.9. The van der Waals surface area contributed by atoms with Gasteiger partial charge in [0, 0.05) is 81.2 Å². The van der Waals surface area contributed by atoms with Gasteiger partial charge in [-0.2, -0.15) is 0 Å². The molecule has 0 fully saturated rings. The van der Waals surface area contributed by atoms with Crippen LogP contribution in [0.3, 0.4) is 0 Å². The fraction of sp³-hybridized carbons (Fsp3) is 0. The van der Waals surface area contributed by atoms with Crippen molar-refractivity contribution in [2.75, 3.05) is 0 Å². The Morgan fingerprint density at radius 3 is 1.09 bits per heavy atom. The average Bonchev–Trinajstić information content (AvgIpc) is 1.68. The summed E-state index contributed by atoms with van der Waals surface area (Å²) in [5.41, 5.74) is 26.9. The van der Waals surface area contributed by atoms with Crippen LogP contribution in [-0.2, 0) is 0 Å². The van der Waals surface area contributed by atoms with Crippen LogP contribution in [0.5, 0.6) is 0 Å². The first-order chi connectivity index (χ1) is 45.4. The molecule has 0 aliphatic carbocycles. The molecule has 20 rings (SSSR count). The van der Waals surface area contributed by atoms with Crippen molar-refractivity contribution < 1.29 is 10.0 Å². The lowest BCUT2D eigenvalue weighted by Crippen LogP contribution is -2.29. The van der Waals surface area contributed by atoms with Crippen LogP contribution >= 0.6 is 15.9 Å². The molecule has 0 unspecified atom stereocenters. The second-order valence-corrected chi connectivity index (χ2v) is 24.8. The van der Waals surface area contributed by atoms with Crippen LogP contribution in [0.4, 0.5) is 0 Å². The second kappa shape index (κ2) is 21.5. The van der Waals surface area contributed by atoms with E-state index in [1.54, 1.807) is 6.07 Å². The molecule has 6 nitrogen and oxygen atoms in total. The molecule has 0 radical (unpaired) electrons. The van der Waals surface area contributed by atoms with Crippen LogP contribution in [0.15, 0.2) is 320 Å². The van der Waals surface area contributed by atoms with Crippen molar-refractivity contribution in [3.8, 4) is 78.4 Å². The van der Waals surface area contributed by atoms with Gasteiger partial charge in [0.1, 0.15) is 0 Å². The summed E-state index contributed by atoms with van der Waals surface area (Å²) in [6.45, 7) is 0. The molecule has 432 valence electrons. The van der Waals surface area contributed by atoms with Crippen LogP contribution in [0.1, 0.15) is 0 Å². The highest BCUT2D eigenvalue weighted by Crippen LogP contribution is 2.49. The fourth-order valence-corrected chi connectivity index (χ4v) is 15.3. The number of halogens is 1. The molecule has 6 heterocycles. The summed E-state index contributed by atoms with van der Waals surface area (Å²) < 4.78 is 10.6. The summed E-state index contributed by atoms with van der Waals surface area (Å²) in [5.74, 6) is 0. The Balaban J connectivity index is 0.000000111. The van der Waals surface area contributed by atoms with Gasteiger partial charge in [-0.25, -0.2) is 0 Å². The summed E-state index contributed by atoms with van der Waals surface area (Å²) in [5, 5.41) is 29.6. The number of nitrogens with zero attached hydrogens (tertiary/aromatic N) is 4. The van der Waals surface area contributed by atoms with Crippen molar-refractivity contribution in [2.24, 2.45) is 0 Å². The van der Waals surface area contributed by atoms with Crippen LogP contribution < -0.4 is 5.46 Å². The molecular weight excluding hydrogens is 1190 g/mol. The van der Waals surface area contributed by atoms with Gasteiger partial charge in [-0.05, 0) is 136 Å². The highest BCUT2D eigenvalue weighted by Gasteiger charge is 2.28. The molecular formula is C84H54BBrN4O2. The number of aromatic nitrogens is 4. The van der Waals surface area contributed by atoms with Crippen LogP contribution in [0.25, 0.3) is 166 Å². The molecule has 2 N–H and O–H groups in total. The normalized spacial score (nSPS) is 11.9. The standard InChI is InChI=1S/C42H26N2.C24H16BNO2.C18H12BrN/c1-2-11-29(12-3-1)43-38-19-8-7-16-33(38)37-26-28(21-23-40(37)43)27-22-24-41-36(25-27)31-14-5-4-13-30(31)34-17-10-18-35-32-15-6-9-20-39(32)44(41)42(34)35;27-25(28)15-12-13-23-21(14-15)17-7-2-1-6-16(17)19-9-5-10-20-18-8-3-4-11-22(18)26(23)24(19)20;19-13-10-11-18-16(12-13)15-8-4-5-9-17(15)20(18)14-6-2-1-3-7-14/h1-26H;1-14,27-28H;1-12H. The molecule has 0 amide bonds. The molecule has 0 spiro atoms. The molecule has 0 bridgehead atoms. The lowest BCUT2D eigenvalue weighted by atomic mass is 9.78. The van der Waals surface area contributed by atoms with Crippen molar-refractivity contribution in [1.29, 1.82) is 0 Å². The maximum atomic E-state index is 9.75. The molecule has 8 heteroatoms. The highest BCUT2D eigenvalue weighted by atomic mass is 79.9. The van der Waals surface area contributed by atoms with E-state index < -0.39 is 7.12 Å². The molecule has 0 saturated heterocycles. The van der Waals surface area contributed by atoms with Gasteiger partial charge >= 0.3 is 7.12 Å². The van der Waals surface area contributed by atoms with E-state index in [2.05, 4.69) is 319 Å². The number of hydrogen-bond acceptors (Lipinski definition) is 2. The van der Waals surface area contributed by atoms with Gasteiger partial charge in [-0.3, -0.25) is 0 Å². The SMILES string of the molecule is Brc1ccc2c(c1)c1ccccc1n2-c1ccccc1.OB(O)c1ccc2c(c1)-c1ccccc1-c1cccc3c4ccccc4n-2c13.c1ccc(-n2c3ccccc3c3cc(-c4ccc5c(c4)-c4ccccc4-c4cccc6c7ccccc7n-5c46)ccc32)cc1. The molecule has 2 aliphatic heterocycles. The van der Waals surface area contributed by atoms with E-state index >= 15 is 0 Å². The Bertz CT molecular complexity index is 6020. The van der Waals surface area contributed by atoms with E-state index in [1.807, 2.05) is 24.3 Å². The van der Waals surface area contributed by atoms with Crippen molar-refractivity contribution in [1.82, 2.24) is 18.3 Å². The summed E-state index contributed by atoms with van der Waals surface area (Å²) in [6, 6.07) is 112. The smallest absolute Gasteiger partial charge is 0.423 e. The fourth-order valence-electron chi connectivity index (χ4n) is 14.9. The van der Waals surface area contributed by atoms with E-state index in [0.29, 0.717) is 5.46 Å². The first-order valence-electron chi connectivity index (χ1n) is 31.2.